The summed E-state index contributed by atoms with van der Waals surface area (Å²) in [5.41, 5.74) is 27.4. The molecule has 0 radical (unpaired) electrons. The number of para-hydroxylation sites is 2. The molecule has 0 spiro atoms. The molecule has 0 amide bonds. The first-order valence-electron chi connectivity index (χ1n) is 26.4. The van der Waals surface area contributed by atoms with Crippen LogP contribution in [0.3, 0.4) is 0 Å². The third-order valence-corrected chi connectivity index (χ3v) is 16.9. The van der Waals surface area contributed by atoms with Crippen LogP contribution in [0.25, 0.3) is 44.5 Å². The normalized spacial score (nSPS) is 15.2. The van der Waals surface area contributed by atoms with Crippen LogP contribution in [0, 0.1) is 0 Å². The van der Waals surface area contributed by atoms with Gasteiger partial charge in [0.05, 0.1) is 5.69 Å². The summed E-state index contributed by atoms with van der Waals surface area (Å²) >= 11 is 0. The Morgan fingerprint density at radius 2 is 0.795 bits per heavy atom. The molecule has 2 nitrogen and oxygen atoms in total. The Kier molecular flexibility index (Phi) is 10.4. The molecule has 0 bridgehead atoms. The molecule has 0 heterocycles. The highest BCUT2D eigenvalue weighted by Crippen LogP contribution is 2.57. The van der Waals surface area contributed by atoms with Crippen molar-refractivity contribution < 1.29 is 0 Å². The summed E-state index contributed by atoms with van der Waals surface area (Å²) in [4.78, 5) is 5.04. The highest BCUT2D eigenvalue weighted by molar-refractivity contribution is 5.95. The number of rotatable bonds is 7. The average Bonchev–Trinajstić information content (AvgIpc) is 3.85. The van der Waals surface area contributed by atoms with Crippen molar-refractivity contribution in [2.75, 3.05) is 9.80 Å². The van der Waals surface area contributed by atoms with Crippen molar-refractivity contribution in [3.63, 3.8) is 0 Å². The lowest BCUT2D eigenvalue weighted by molar-refractivity contribution is 0.581. The molecule has 0 atom stereocenters. The predicted octanol–water partition coefficient (Wildman–Crippen LogP) is 19.8. The van der Waals surface area contributed by atoms with Gasteiger partial charge in [0.2, 0.25) is 0 Å². The maximum Gasteiger partial charge on any atom is 0.0508 e. The van der Waals surface area contributed by atoms with Crippen LogP contribution < -0.4 is 9.80 Å². The zero-order valence-corrected chi connectivity index (χ0v) is 44.9. The highest BCUT2D eigenvalue weighted by Gasteiger charge is 2.41. The smallest absolute Gasteiger partial charge is 0.0508 e. The van der Waals surface area contributed by atoms with Crippen molar-refractivity contribution in [2.24, 2.45) is 0 Å². The minimum absolute atomic E-state index is 0.0448. The molecule has 9 aromatic carbocycles. The fraction of sp³-hybridized carbons (Fsp3) is 0.239. The molecule has 3 aliphatic rings. The molecule has 362 valence electrons. The summed E-state index contributed by atoms with van der Waals surface area (Å²) in [6, 6.07) is 73.9. The van der Waals surface area contributed by atoms with E-state index in [1.807, 2.05) is 0 Å². The van der Waals surface area contributed by atoms with Crippen LogP contribution >= 0.6 is 0 Å². The van der Waals surface area contributed by atoms with Crippen LogP contribution in [0.15, 0.2) is 194 Å². The molecule has 0 aliphatic heterocycles. The van der Waals surface area contributed by atoms with Gasteiger partial charge in [0, 0.05) is 44.7 Å². The van der Waals surface area contributed by atoms with E-state index in [0.29, 0.717) is 0 Å². The Bertz CT molecular complexity index is 3670. The fourth-order valence-corrected chi connectivity index (χ4v) is 13.0. The van der Waals surface area contributed by atoms with Crippen LogP contribution in [0.2, 0.25) is 0 Å². The van der Waals surface area contributed by atoms with E-state index in [1.54, 1.807) is 0 Å². The summed E-state index contributed by atoms with van der Waals surface area (Å²) < 4.78 is 0. The van der Waals surface area contributed by atoms with Gasteiger partial charge in [0.15, 0.2) is 0 Å². The second kappa shape index (κ2) is 16.3. The Labute approximate surface area is 435 Å². The van der Waals surface area contributed by atoms with Crippen molar-refractivity contribution in [3.8, 4) is 44.5 Å². The van der Waals surface area contributed by atoms with Gasteiger partial charge >= 0.3 is 0 Å². The lowest BCUT2D eigenvalue weighted by Gasteiger charge is -2.34. The van der Waals surface area contributed by atoms with E-state index in [0.717, 1.165) is 28.4 Å². The fourth-order valence-electron chi connectivity index (χ4n) is 13.0. The summed E-state index contributed by atoms with van der Waals surface area (Å²) in [7, 11) is 0. The van der Waals surface area contributed by atoms with Gasteiger partial charge in [0.25, 0.3) is 0 Å². The number of anilines is 6. The van der Waals surface area contributed by atoms with Crippen LogP contribution in [-0.4, -0.2) is 0 Å². The molecule has 0 saturated heterocycles. The minimum atomic E-state index is -0.243. The van der Waals surface area contributed by atoms with Gasteiger partial charge in [-0.15, -0.1) is 0 Å². The first kappa shape index (κ1) is 46.6. The molecule has 0 unspecified atom stereocenters. The molecule has 0 N–H and O–H groups in total. The maximum absolute atomic E-state index is 2.57. The zero-order chi connectivity index (χ0) is 51.0. The second-order valence-electron chi connectivity index (χ2n) is 24.7. The second-order valence-corrected chi connectivity index (χ2v) is 24.7. The summed E-state index contributed by atoms with van der Waals surface area (Å²) in [6.07, 6.45) is 0. The van der Waals surface area contributed by atoms with E-state index in [9.17, 15) is 0 Å². The number of nitrogens with zero attached hydrogens (tertiary/aromatic N) is 2. The molecule has 0 saturated carbocycles. The van der Waals surface area contributed by atoms with Gasteiger partial charge in [-0.3, -0.25) is 0 Å². The van der Waals surface area contributed by atoms with Crippen molar-refractivity contribution in [1.29, 1.82) is 0 Å². The lowest BCUT2D eigenvalue weighted by atomic mass is 9.75. The number of hydrogen-bond acceptors (Lipinski definition) is 2. The van der Waals surface area contributed by atoms with Crippen LogP contribution in [0.5, 0.6) is 0 Å². The van der Waals surface area contributed by atoms with Crippen LogP contribution in [0.4, 0.5) is 34.1 Å². The van der Waals surface area contributed by atoms with E-state index >= 15 is 0 Å². The van der Waals surface area contributed by atoms with Crippen molar-refractivity contribution in [3.05, 3.63) is 239 Å². The van der Waals surface area contributed by atoms with Gasteiger partial charge in [-0.25, -0.2) is 0 Å². The van der Waals surface area contributed by atoms with Crippen molar-refractivity contribution in [2.45, 2.75) is 110 Å². The quantitative estimate of drug-likeness (QED) is 0.157. The first-order valence-corrected chi connectivity index (χ1v) is 26.4. The Morgan fingerprint density at radius 3 is 1.44 bits per heavy atom. The molecule has 0 aromatic heterocycles. The van der Waals surface area contributed by atoms with Gasteiger partial charge in [0.1, 0.15) is 0 Å². The van der Waals surface area contributed by atoms with Gasteiger partial charge < -0.3 is 9.80 Å². The predicted molar refractivity (Wildman–Crippen MR) is 311 cm³/mol. The Hall–Kier alpha value is -7.42. The molecule has 0 fully saturated rings. The minimum Gasteiger partial charge on any atom is -0.310 e. The highest BCUT2D eigenvalue weighted by atomic mass is 15.2. The van der Waals surface area contributed by atoms with E-state index in [2.05, 4.69) is 287 Å². The lowest BCUT2D eigenvalue weighted by Crippen LogP contribution is -2.21. The molecular formula is C71H68N2. The third kappa shape index (κ3) is 7.27. The van der Waals surface area contributed by atoms with Crippen molar-refractivity contribution >= 4 is 34.1 Å². The van der Waals surface area contributed by atoms with Crippen LogP contribution in [0.1, 0.15) is 128 Å². The molecule has 9 aromatic rings. The molecule has 12 rings (SSSR count). The van der Waals surface area contributed by atoms with E-state index in [4.69, 9.17) is 0 Å². The number of fused-ring (bicyclic) bond motifs is 9. The SMILES string of the molecule is CC(C)(C)c1ccc2c(c1)C(C)(C)c1cc(C(C)(C)C)c(-c3cc(N(c4ccccc4)c4ccc5c(c4)C(C)(C)c4ccccc4-5)cc(N(c4ccccc4)c4cccc5c4C(C)(C)c4ccccc4-5)c3)cc1-2. The van der Waals surface area contributed by atoms with Crippen LogP contribution in [-0.2, 0) is 27.1 Å². The maximum atomic E-state index is 2.57. The van der Waals surface area contributed by atoms with Gasteiger partial charge in [-0.1, -0.05) is 210 Å². The topological polar surface area (TPSA) is 6.48 Å². The largest absolute Gasteiger partial charge is 0.310 e. The van der Waals surface area contributed by atoms with Crippen molar-refractivity contribution in [1.82, 2.24) is 0 Å². The number of benzene rings is 9. The first-order chi connectivity index (χ1) is 34.7. The van der Waals surface area contributed by atoms with E-state index in [-0.39, 0.29) is 27.1 Å². The van der Waals surface area contributed by atoms with E-state index < -0.39 is 0 Å². The molecule has 3 aliphatic carbocycles. The standard InChI is InChI=1S/C71H68N2/c1-67(2,3)46-34-36-55-58-43-57(61(68(4,5)6)44-64(58)70(9,10)62(55)40-46)45-38-50(72(47-24-15-13-16-25-47)49-35-37-54-52-28-19-21-31-59(52)69(7,8)63(54)42-49)41-51(39-45)73(48-26-17-14-18-27-48)65-33-23-30-56-53-29-20-22-32-60(53)71(11,12)66(56)65/h13-44H,1-12H3. The van der Waals surface area contributed by atoms with Gasteiger partial charge in [-0.05, 0) is 167 Å². The monoisotopic (exact) mass is 949 g/mol. The van der Waals surface area contributed by atoms with Gasteiger partial charge in [-0.2, -0.15) is 0 Å². The molecular weight excluding hydrogens is 881 g/mol. The summed E-state index contributed by atoms with van der Waals surface area (Å²) in [6.45, 7) is 28.6. The summed E-state index contributed by atoms with van der Waals surface area (Å²) in [5.74, 6) is 0. The average molecular weight is 949 g/mol. The third-order valence-electron chi connectivity index (χ3n) is 16.9. The molecule has 73 heavy (non-hydrogen) atoms. The van der Waals surface area contributed by atoms with E-state index in [1.165, 1.54) is 94.7 Å². The molecule has 2 heteroatoms. The zero-order valence-electron chi connectivity index (χ0n) is 44.9. The number of hydrogen-bond donors (Lipinski definition) is 0. The Balaban J connectivity index is 1.16. The summed E-state index contributed by atoms with van der Waals surface area (Å²) in [5, 5.41) is 0. The Morgan fingerprint density at radius 1 is 0.301 bits per heavy atom.